The van der Waals surface area contributed by atoms with Crippen LogP contribution in [0, 0.1) is 0 Å². The molecule has 0 aliphatic heterocycles. The molecule has 2 rings (SSSR count). The molecule has 0 unspecified atom stereocenters. The van der Waals surface area contributed by atoms with Crippen LogP contribution in [-0.4, -0.2) is 10.2 Å². The van der Waals surface area contributed by atoms with E-state index in [1.165, 1.54) is 5.56 Å². The molecule has 2 aromatic carbocycles. The van der Waals surface area contributed by atoms with Crippen LogP contribution in [0.25, 0.3) is 0 Å². The molecule has 2 aromatic rings. The van der Waals surface area contributed by atoms with Crippen LogP contribution in [0.2, 0.25) is 0 Å². The standard InChI is InChI=1S/C17H20O2/c1-4-12-11-15(19)9-10-16(12)17(2,3)13-5-7-14(18)8-6-13/h5-11,18-19H,4H2,1-3H3. The number of rotatable bonds is 3. The van der Waals surface area contributed by atoms with Gasteiger partial charge >= 0.3 is 0 Å². The molecule has 0 heterocycles. The van der Waals surface area contributed by atoms with Gasteiger partial charge in [-0.2, -0.15) is 0 Å². The molecular formula is C17H20O2. The Morgan fingerprint density at radius 1 is 0.895 bits per heavy atom. The maximum absolute atomic E-state index is 9.61. The van der Waals surface area contributed by atoms with E-state index in [0.29, 0.717) is 5.75 Å². The van der Waals surface area contributed by atoms with Gasteiger partial charge in [0, 0.05) is 5.41 Å². The average molecular weight is 256 g/mol. The zero-order valence-electron chi connectivity index (χ0n) is 11.6. The lowest BCUT2D eigenvalue weighted by atomic mass is 9.75. The Hall–Kier alpha value is -1.96. The van der Waals surface area contributed by atoms with Gasteiger partial charge < -0.3 is 10.2 Å². The van der Waals surface area contributed by atoms with Crippen molar-refractivity contribution in [2.24, 2.45) is 0 Å². The van der Waals surface area contributed by atoms with Gasteiger partial charge in [-0.1, -0.05) is 39.0 Å². The number of hydrogen-bond donors (Lipinski definition) is 2. The van der Waals surface area contributed by atoms with Crippen LogP contribution in [0.15, 0.2) is 42.5 Å². The van der Waals surface area contributed by atoms with E-state index in [0.717, 1.165) is 17.5 Å². The van der Waals surface area contributed by atoms with Crippen molar-refractivity contribution in [3.63, 3.8) is 0 Å². The Bertz CT molecular complexity index is 568. The summed E-state index contributed by atoms with van der Waals surface area (Å²) in [4.78, 5) is 0. The summed E-state index contributed by atoms with van der Waals surface area (Å²) in [6.07, 6.45) is 0.880. The Labute approximate surface area is 114 Å². The van der Waals surface area contributed by atoms with Crippen LogP contribution in [0.5, 0.6) is 11.5 Å². The van der Waals surface area contributed by atoms with Crippen molar-refractivity contribution in [3.05, 3.63) is 59.2 Å². The molecule has 19 heavy (non-hydrogen) atoms. The maximum atomic E-state index is 9.61. The van der Waals surface area contributed by atoms with Crippen LogP contribution in [0.1, 0.15) is 37.5 Å². The van der Waals surface area contributed by atoms with Gasteiger partial charge in [-0.15, -0.1) is 0 Å². The van der Waals surface area contributed by atoms with Crippen LogP contribution < -0.4 is 0 Å². The quantitative estimate of drug-likeness (QED) is 0.871. The summed E-state index contributed by atoms with van der Waals surface area (Å²) in [6.45, 7) is 6.40. The monoisotopic (exact) mass is 256 g/mol. The van der Waals surface area contributed by atoms with Crippen LogP contribution in [-0.2, 0) is 11.8 Å². The molecule has 0 fully saturated rings. The SMILES string of the molecule is CCc1cc(O)ccc1C(C)(C)c1ccc(O)cc1. The van der Waals surface area contributed by atoms with E-state index in [9.17, 15) is 10.2 Å². The molecule has 2 heteroatoms. The number of aromatic hydroxyl groups is 2. The van der Waals surface area contributed by atoms with Gasteiger partial charge in [-0.05, 0) is 47.4 Å². The van der Waals surface area contributed by atoms with E-state index in [4.69, 9.17) is 0 Å². The van der Waals surface area contributed by atoms with E-state index < -0.39 is 0 Å². The van der Waals surface area contributed by atoms with Crippen LogP contribution in [0.3, 0.4) is 0 Å². The Morgan fingerprint density at radius 2 is 1.47 bits per heavy atom. The molecule has 0 bridgehead atoms. The number of aryl methyl sites for hydroxylation is 1. The largest absolute Gasteiger partial charge is 0.508 e. The smallest absolute Gasteiger partial charge is 0.115 e. The lowest BCUT2D eigenvalue weighted by Crippen LogP contribution is -2.20. The average Bonchev–Trinajstić information content (AvgIpc) is 2.38. The molecule has 0 spiro atoms. The first-order valence-corrected chi connectivity index (χ1v) is 6.57. The van der Waals surface area contributed by atoms with E-state index in [-0.39, 0.29) is 11.2 Å². The van der Waals surface area contributed by atoms with Gasteiger partial charge in [0.1, 0.15) is 11.5 Å². The molecule has 100 valence electrons. The normalized spacial score (nSPS) is 11.5. The van der Waals surface area contributed by atoms with Crippen molar-refractivity contribution >= 4 is 0 Å². The van der Waals surface area contributed by atoms with Gasteiger partial charge in [0.2, 0.25) is 0 Å². The Kier molecular flexibility index (Phi) is 3.52. The van der Waals surface area contributed by atoms with Crippen molar-refractivity contribution < 1.29 is 10.2 Å². The third-order valence-corrected chi connectivity index (χ3v) is 3.73. The molecule has 2 nitrogen and oxygen atoms in total. The van der Waals surface area contributed by atoms with Crippen LogP contribution in [0.4, 0.5) is 0 Å². The van der Waals surface area contributed by atoms with Crippen molar-refractivity contribution in [2.45, 2.75) is 32.6 Å². The van der Waals surface area contributed by atoms with E-state index >= 15 is 0 Å². The highest BCUT2D eigenvalue weighted by Crippen LogP contribution is 2.35. The number of phenolic OH excluding ortho intramolecular Hbond substituents is 2. The minimum atomic E-state index is -0.160. The summed E-state index contributed by atoms with van der Waals surface area (Å²) in [5, 5.41) is 19.0. The fourth-order valence-electron chi connectivity index (χ4n) is 2.52. The lowest BCUT2D eigenvalue weighted by molar-refractivity contribution is 0.473. The summed E-state index contributed by atoms with van der Waals surface area (Å²) in [5.74, 6) is 0.586. The highest BCUT2D eigenvalue weighted by atomic mass is 16.3. The predicted octanol–water partition coefficient (Wildman–Crippen LogP) is 3.99. The van der Waals surface area contributed by atoms with Crippen molar-refractivity contribution in [1.29, 1.82) is 0 Å². The second-order valence-corrected chi connectivity index (χ2v) is 5.37. The minimum absolute atomic E-state index is 0.160. The molecule has 2 N–H and O–H groups in total. The van der Waals surface area contributed by atoms with Gasteiger partial charge in [-0.3, -0.25) is 0 Å². The van der Waals surface area contributed by atoms with Gasteiger partial charge in [0.25, 0.3) is 0 Å². The first-order chi connectivity index (χ1) is 8.95. The van der Waals surface area contributed by atoms with Gasteiger partial charge in [0.15, 0.2) is 0 Å². The van der Waals surface area contributed by atoms with E-state index in [1.807, 2.05) is 24.3 Å². The number of hydrogen-bond acceptors (Lipinski definition) is 2. The molecular weight excluding hydrogens is 236 g/mol. The molecule has 0 saturated carbocycles. The van der Waals surface area contributed by atoms with E-state index in [2.05, 4.69) is 20.8 Å². The first kappa shape index (κ1) is 13.5. The fourth-order valence-corrected chi connectivity index (χ4v) is 2.52. The summed E-state index contributed by atoms with van der Waals surface area (Å²) in [7, 11) is 0. The highest BCUT2D eigenvalue weighted by molar-refractivity contribution is 5.46. The third kappa shape index (κ3) is 2.58. The minimum Gasteiger partial charge on any atom is -0.508 e. The van der Waals surface area contributed by atoms with Crippen molar-refractivity contribution in [1.82, 2.24) is 0 Å². The zero-order valence-corrected chi connectivity index (χ0v) is 11.6. The first-order valence-electron chi connectivity index (χ1n) is 6.57. The molecule has 0 atom stereocenters. The Balaban J connectivity index is 2.52. The summed E-state index contributed by atoms with van der Waals surface area (Å²) in [6, 6.07) is 12.9. The number of benzene rings is 2. The van der Waals surface area contributed by atoms with E-state index in [1.54, 1.807) is 18.2 Å². The number of phenols is 2. The summed E-state index contributed by atoms with van der Waals surface area (Å²) < 4.78 is 0. The Morgan fingerprint density at radius 3 is 2.05 bits per heavy atom. The molecule has 0 amide bonds. The van der Waals surface area contributed by atoms with Gasteiger partial charge in [-0.25, -0.2) is 0 Å². The second-order valence-electron chi connectivity index (χ2n) is 5.37. The zero-order chi connectivity index (χ0) is 14.0. The highest BCUT2D eigenvalue weighted by Gasteiger charge is 2.25. The van der Waals surface area contributed by atoms with Gasteiger partial charge in [0.05, 0.1) is 0 Å². The fraction of sp³-hybridized carbons (Fsp3) is 0.294. The van der Waals surface area contributed by atoms with Crippen LogP contribution >= 0.6 is 0 Å². The summed E-state index contributed by atoms with van der Waals surface area (Å²) in [5.41, 5.74) is 3.34. The topological polar surface area (TPSA) is 40.5 Å². The molecule has 0 saturated heterocycles. The van der Waals surface area contributed by atoms with Crippen molar-refractivity contribution in [2.75, 3.05) is 0 Å². The lowest BCUT2D eigenvalue weighted by Gasteiger charge is -2.28. The maximum Gasteiger partial charge on any atom is 0.115 e. The second kappa shape index (κ2) is 4.96. The third-order valence-electron chi connectivity index (χ3n) is 3.73. The molecule has 0 aliphatic carbocycles. The predicted molar refractivity (Wildman–Crippen MR) is 77.7 cm³/mol. The molecule has 0 radical (unpaired) electrons. The molecule has 0 aliphatic rings. The molecule has 0 aromatic heterocycles. The summed E-state index contributed by atoms with van der Waals surface area (Å²) >= 11 is 0. The van der Waals surface area contributed by atoms with Crippen molar-refractivity contribution in [3.8, 4) is 11.5 Å².